The fraction of sp³-hybridized carbons (Fsp3) is 0.0909. The third kappa shape index (κ3) is 2.58. The molecule has 2 aromatic rings. The van der Waals surface area contributed by atoms with Crippen LogP contribution in [0.2, 0.25) is 0 Å². The SMILES string of the molecule is CC1C=C(O)C=C2C1=CC(c1ccc(O)c(F)c1)=C2c1ccccc1. The van der Waals surface area contributed by atoms with Crippen LogP contribution in [0.5, 0.6) is 5.75 Å². The second-order valence-electron chi connectivity index (χ2n) is 6.36. The first-order chi connectivity index (χ1) is 12.0. The summed E-state index contributed by atoms with van der Waals surface area (Å²) in [5.41, 5.74) is 5.62. The van der Waals surface area contributed by atoms with Gasteiger partial charge in [0.15, 0.2) is 11.6 Å². The molecule has 0 heterocycles. The summed E-state index contributed by atoms with van der Waals surface area (Å²) in [6.07, 6.45) is 5.61. The molecule has 2 aliphatic rings. The first-order valence-electron chi connectivity index (χ1n) is 8.18. The van der Waals surface area contributed by atoms with Gasteiger partial charge in [0.2, 0.25) is 0 Å². The first kappa shape index (κ1) is 15.5. The highest BCUT2D eigenvalue weighted by Crippen LogP contribution is 2.47. The second kappa shape index (κ2) is 5.78. The Kier molecular flexibility index (Phi) is 3.57. The Morgan fingerprint density at radius 2 is 1.68 bits per heavy atom. The maximum Gasteiger partial charge on any atom is 0.165 e. The molecule has 4 rings (SSSR count). The summed E-state index contributed by atoms with van der Waals surface area (Å²) in [5.74, 6) is -0.696. The summed E-state index contributed by atoms with van der Waals surface area (Å²) in [6, 6.07) is 14.3. The third-order valence-electron chi connectivity index (χ3n) is 4.67. The molecule has 0 aliphatic heterocycles. The molecule has 0 saturated heterocycles. The van der Waals surface area contributed by atoms with Gasteiger partial charge < -0.3 is 10.2 Å². The van der Waals surface area contributed by atoms with Gasteiger partial charge in [-0.15, -0.1) is 0 Å². The highest BCUT2D eigenvalue weighted by atomic mass is 19.1. The highest BCUT2D eigenvalue weighted by Gasteiger charge is 2.29. The van der Waals surface area contributed by atoms with Gasteiger partial charge in [0.1, 0.15) is 5.76 Å². The predicted molar refractivity (Wildman–Crippen MR) is 97.4 cm³/mol. The van der Waals surface area contributed by atoms with Crippen LogP contribution < -0.4 is 0 Å². The van der Waals surface area contributed by atoms with Gasteiger partial charge in [-0.25, -0.2) is 4.39 Å². The van der Waals surface area contributed by atoms with Crippen molar-refractivity contribution in [3.8, 4) is 5.75 Å². The summed E-state index contributed by atoms with van der Waals surface area (Å²) >= 11 is 0. The topological polar surface area (TPSA) is 40.5 Å². The molecular formula is C22H17FO2. The van der Waals surface area contributed by atoms with E-state index in [1.165, 1.54) is 12.1 Å². The molecule has 2 aromatic carbocycles. The van der Waals surface area contributed by atoms with Crippen LogP contribution >= 0.6 is 0 Å². The average Bonchev–Trinajstić information content (AvgIpc) is 2.98. The first-order valence-corrected chi connectivity index (χ1v) is 8.18. The minimum atomic E-state index is -0.645. The number of phenols is 1. The van der Waals surface area contributed by atoms with Crippen molar-refractivity contribution in [1.82, 2.24) is 0 Å². The van der Waals surface area contributed by atoms with E-state index in [2.05, 4.69) is 0 Å². The maximum atomic E-state index is 13.9. The number of benzene rings is 2. The lowest BCUT2D eigenvalue weighted by Crippen LogP contribution is -2.04. The normalized spacial score (nSPS) is 19.3. The average molecular weight is 332 g/mol. The summed E-state index contributed by atoms with van der Waals surface area (Å²) in [6.45, 7) is 2.03. The van der Waals surface area contributed by atoms with E-state index in [-0.39, 0.29) is 17.4 Å². The van der Waals surface area contributed by atoms with E-state index in [0.29, 0.717) is 5.56 Å². The zero-order valence-corrected chi connectivity index (χ0v) is 13.7. The summed E-state index contributed by atoms with van der Waals surface area (Å²) in [4.78, 5) is 0. The molecule has 0 radical (unpaired) electrons. The second-order valence-corrected chi connectivity index (χ2v) is 6.36. The molecule has 124 valence electrons. The molecule has 2 nitrogen and oxygen atoms in total. The molecule has 2 N–H and O–H groups in total. The minimum absolute atomic E-state index is 0.0678. The van der Waals surface area contributed by atoms with Crippen molar-refractivity contribution in [1.29, 1.82) is 0 Å². The van der Waals surface area contributed by atoms with E-state index in [9.17, 15) is 14.6 Å². The maximum absolute atomic E-state index is 13.9. The Morgan fingerprint density at radius 1 is 0.920 bits per heavy atom. The molecule has 0 saturated carbocycles. The molecule has 0 amide bonds. The zero-order chi connectivity index (χ0) is 17.6. The van der Waals surface area contributed by atoms with Crippen LogP contribution in [0.3, 0.4) is 0 Å². The number of aromatic hydroxyl groups is 1. The van der Waals surface area contributed by atoms with Crippen LogP contribution in [-0.2, 0) is 0 Å². The quantitative estimate of drug-likeness (QED) is 0.773. The van der Waals surface area contributed by atoms with Crippen LogP contribution in [0.1, 0.15) is 18.1 Å². The molecule has 1 unspecified atom stereocenters. The summed E-state index contributed by atoms with van der Waals surface area (Å²) in [7, 11) is 0. The number of hydrogen-bond donors (Lipinski definition) is 2. The van der Waals surface area contributed by atoms with E-state index in [1.807, 2.05) is 43.3 Å². The van der Waals surface area contributed by atoms with Crippen LogP contribution in [0.15, 0.2) is 83.7 Å². The van der Waals surface area contributed by atoms with Gasteiger partial charge >= 0.3 is 0 Å². The van der Waals surface area contributed by atoms with Crippen molar-refractivity contribution in [2.24, 2.45) is 5.92 Å². The van der Waals surface area contributed by atoms with Gasteiger partial charge in [-0.1, -0.05) is 43.3 Å². The van der Waals surface area contributed by atoms with Crippen LogP contribution in [0.4, 0.5) is 4.39 Å². The van der Waals surface area contributed by atoms with E-state index in [4.69, 9.17) is 0 Å². The lowest BCUT2D eigenvalue weighted by atomic mass is 9.86. The number of phenolic OH excluding ortho intramolecular Hbond substituents is 1. The van der Waals surface area contributed by atoms with Gasteiger partial charge in [0.25, 0.3) is 0 Å². The predicted octanol–water partition coefficient (Wildman–Crippen LogP) is 5.40. The van der Waals surface area contributed by atoms with Crippen LogP contribution in [0, 0.1) is 11.7 Å². The fourth-order valence-electron chi connectivity index (χ4n) is 3.49. The number of halogens is 1. The van der Waals surface area contributed by atoms with Gasteiger partial charge in [-0.3, -0.25) is 0 Å². The smallest absolute Gasteiger partial charge is 0.165 e. The van der Waals surface area contributed by atoms with Crippen molar-refractivity contribution in [2.75, 3.05) is 0 Å². The van der Waals surface area contributed by atoms with E-state index >= 15 is 0 Å². The van der Waals surface area contributed by atoms with Crippen molar-refractivity contribution >= 4 is 11.1 Å². The molecule has 2 aliphatic carbocycles. The monoisotopic (exact) mass is 332 g/mol. The fourth-order valence-corrected chi connectivity index (χ4v) is 3.49. The summed E-state index contributed by atoms with van der Waals surface area (Å²) in [5, 5.41) is 19.6. The molecule has 25 heavy (non-hydrogen) atoms. The van der Waals surface area contributed by atoms with E-state index in [0.717, 1.165) is 27.9 Å². The Balaban J connectivity index is 1.97. The number of rotatable bonds is 2. The molecular weight excluding hydrogens is 315 g/mol. The lowest BCUT2D eigenvalue weighted by molar-refractivity contribution is 0.424. The number of hydrogen-bond acceptors (Lipinski definition) is 2. The molecule has 1 atom stereocenters. The number of aliphatic hydroxyl groups is 1. The Labute approximate surface area is 145 Å². The van der Waals surface area contributed by atoms with Gasteiger partial charge in [0, 0.05) is 5.92 Å². The minimum Gasteiger partial charge on any atom is -0.508 e. The molecule has 0 bridgehead atoms. The highest BCUT2D eigenvalue weighted by molar-refractivity contribution is 6.09. The van der Waals surface area contributed by atoms with Crippen molar-refractivity contribution in [2.45, 2.75) is 6.92 Å². The largest absolute Gasteiger partial charge is 0.508 e. The Bertz CT molecular complexity index is 978. The van der Waals surface area contributed by atoms with E-state index < -0.39 is 5.82 Å². The Morgan fingerprint density at radius 3 is 2.40 bits per heavy atom. The van der Waals surface area contributed by atoms with Crippen molar-refractivity contribution in [3.05, 3.63) is 101 Å². The number of aliphatic hydroxyl groups excluding tert-OH is 1. The Hall–Kier alpha value is -3.07. The van der Waals surface area contributed by atoms with Crippen molar-refractivity contribution in [3.63, 3.8) is 0 Å². The zero-order valence-electron chi connectivity index (χ0n) is 13.7. The van der Waals surface area contributed by atoms with Crippen molar-refractivity contribution < 1.29 is 14.6 Å². The summed E-state index contributed by atoms with van der Waals surface area (Å²) < 4.78 is 13.9. The van der Waals surface area contributed by atoms with Crippen LogP contribution in [-0.4, -0.2) is 10.2 Å². The van der Waals surface area contributed by atoms with Gasteiger partial charge in [-0.05, 0) is 63.8 Å². The van der Waals surface area contributed by atoms with E-state index in [1.54, 1.807) is 18.2 Å². The van der Waals surface area contributed by atoms with Crippen LogP contribution in [0.25, 0.3) is 11.1 Å². The lowest BCUT2D eigenvalue weighted by Gasteiger charge is -2.19. The van der Waals surface area contributed by atoms with Gasteiger partial charge in [0.05, 0.1) is 0 Å². The standard InChI is InChI=1S/C22H17FO2/c1-13-9-16(24)11-19-17(13)12-18(15-7-8-21(25)20(23)10-15)22(19)14-5-3-2-4-6-14/h2-13,24-25H,1H3. The third-order valence-corrected chi connectivity index (χ3v) is 4.67. The molecule has 0 fully saturated rings. The number of fused-ring (bicyclic) bond motifs is 1. The molecule has 0 spiro atoms. The molecule has 0 aromatic heterocycles. The van der Waals surface area contributed by atoms with Gasteiger partial charge in [-0.2, -0.15) is 0 Å². The number of allylic oxidation sites excluding steroid dienone is 7. The molecule has 3 heteroatoms.